The molecule has 1 aromatic heterocycles. The number of hydrogen-bond acceptors (Lipinski definition) is 4. The Balaban J connectivity index is 1.56. The number of rotatable bonds is 7. The summed E-state index contributed by atoms with van der Waals surface area (Å²) in [5, 5.41) is 8.56. The number of hydrogen-bond donors (Lipinski definition) is 1. The standard InChI is InChI=1S/C26H22N4OS/c1-32-24-14-12-20(13-15-24)17-27-29-26(31)25(22-8-4-2-5-9-22)16-21-18-28-30(19-21)23-10-6-3-7-11-23/h2-19H,1H3,(H,29,31)/b25-16+,27-17+. The summed E-state index contributed by atoms with van der Waals surface area (Å²) in [4.78, 5) is 14.2. The summed E-state index contributed by atoms with van der Waals surface area (Å²) >= 11 is 1.68. The molecule has 3 aromatic carbocycles. The zero-order chi connectivity index (χ0) is 22.2. The van der Waals surface area contributed by atoms with E-state index in [0.717, 1.165) is 22.4 Å². The maximum Gasteiger partial charge on any atom is 0.271 e. The number of carbonyl (C=O) groups is 1. The molecule has 0 saturated carbocycles. The van der Waals surface area contributed by atoms with Gasteiger partial charge in [0, 0.05) is 22.2 Å². The van der Waals surface area contributed by atoms with Gasteiger partial charge >= 0.3 is 0 Å². The molecule has 0 spiro atoms. The van der Waals surface area contributed by atoms with Gasteiger partial charge in [0.25, 0.3) is 5.91 Å². The molecule has 0 radical (unpaired) electrons. The van der Waals surface area contributed by atoms with Gasteiger partial charge in [0.2, 0.25) is 0 Å². The van der Waals surface area contributed by atoms with E-state index in [2.05, 4.69) is 15.6 Å². The van der Waals surface area contributed by atoms with Crippen LogP contribution in [0.4, 0.5) is 0 Å². The molecule has 0 bridgehead atoms. The zero-order valence-corrected chi connectivity index (χ0v) is 18.4. The first kappa shape index (κ1) is 21.3. The van der Waals surface area contributed by atoms with Gasteiger partial charge in [-0.05, 0) is 47.7 Å². The quantitative estimate of drug-likeness (QED) is 0.185. The highest BCUT2D eigenvalue weighted by Gasteiger charge is 2.12. The fourth-order valence-electron chi connectivity index (χ4n) is 3.11. The SMILES string of the molecule is CSc1ccc(/C=N/NC(=O)/C(=C/c2cnn(-c3ccccc3)c2)c2ccccc2)cc1. The summed E-state index contributed by atoms with van der Waals surface area (Å²) in [7, 11) is 0. The van der Waals surface area contributed by atoms with Gasteiger partial charge in [0.1, 0.15) is 0 Å². The van der Waals surface area contributed by atoms with Crippen molar-refractivity contribution in [1.29, 1.82) is 0 Å². The van der Waals surface area contributed by atoms with E-state index in [9.17, 15) is 4.79 Å². The lowest BCUT2D eigenvalue weighted by atomic mass is 10.0. The molecule has 1 amide bonds. The number of nitrogens with zero attached hydrogens (tertiary/aromatic N) is 3. The first-order chi connectivity index (χ1) is 15.7. The molecular formula is C26H22N4OS. The van der Waals surface area contributed by atoms with Crippen LogP contribution in [0.3, 0.4) is 0 Å². The first-order valence-electron chi connectivity index (χ1n) is 10.1. The van der Waals surface area contributed by atoms with Crippen LogP contribution < -0.4 is 5.43 Å². The molecule has 0 saturated heterocycles. The highest BCUT2D eigenvalue weighted by Crippen LogP contribution is 2.19. The lowest BCUT2D eigenvalue weighted by Gasteiger charge is -2.06. The molecule has 1 heterocycles. The van der Waals surface area contributed by atoms with Gasteiger partial charge < -0.3 is 0 Å². The van der Waals surface area contributed by atoms with Crippen LogP contribution in [-0.2, 0) is 4.79 Å². The van der Waals surface area contributed by atoms with Crippen LogP contribution in [0.2, 0.25) is 0 Å². The van der Waals surface area contributed by atoms with Crippen molar-refractivity contribution in [3.8, 4) is 5.69 Å². The minimum atomic E-state index is -0.291. The van der Waals surface area contributed by atoms with Crippen LogP contribution in [0.5, 0.6) is 0 Å². The van der Waals surface area contributed by atoms with Gasteiger partial charge in [0.15, 0.2) is 0 Å². The third kappa shape index (κ3) is 5.42. The third-order valence-corrected chi connectivity index (χ3v) is 5.50. The molecule has 0 unspecified atom stereocenters. The van der Waals surface area contributed by atoms with Crippen LogP contribution in [0.1, 0.15) is 16.7 Å². The van der Waals surface area contributed by atoms with Crippen molar-refractivity contribution >= 4 is 35.5 Å². The van der Waals surface area contributed by atoms with Gasteiger partial charge in [-0.3, -0.25) is 4.79 Å². The molecule has 0 aliphatic rings. The fraction of sp³-hybridized carbons (Fsp3) is 0.0385. The predicted molar refractivity (Wildman–Crippen MR) is 132 cm³/mol. The van der Waals surface area contributed by atoms with Gasteiger partial charge in [-0.15, -0.1) is 11.8 Å². The number of carbonyl (C=O) groups excluding carboxylic acids is 1. The van der Waals surface area contributed by atoms with E-state index < -0.39 is 0 Å². The zero-order valence-electron chi connectivity index (χ0n) is 17.6. The maximum absolute atomic E-state index is 13.0. The highest BCUT2D eigenvalue weighted by molar-refractivity contribution is 7.98. The summed E-state index contributed by atoms with van der Waals surface area (Å²) in [6.45, 7) is 0. The van der Waals surface area contributed by atoms with Crippen molar-refractivity contribution in [3.63, 3.8) is 0 Å². The van der Waals surface area contributed by atoms with E-state index in [-0.39, 0.29) is 5.91 Å². The average molecular weight is 439 g/mol. The Morgan fingerprint density at radius 2 is 1.62 bits per heavy atom. The van der Waals surface area contributed by atoms with E-state index in [0.29, 0.717) is 5.57 Å². The van der Waals surface area contributed by atoms with Crippen molar-refractivity contribution in [3.05, 3.63) is 114 Å². The van der Waals surface area contributed by atoms with Crippen LogP contribution in [0.25, 0.3) is 17.3 Å². The molecule has 1 N–H and O–H groups in total. The summed E-state index contributed by atoms with van der Waals surface area (Å²) in [5.41, 5.74) is 6.64. The van der Waals surface area contributed by atoms with Gasteiger partial charge in [-0.2, -0.15) is 10.2 Å². The van der Waals surface area contributed by atoms with Gasteiger partial charge in [-0.1, -0.05) is 60.7 Å². The number of hydrazone groups is 1. The normalized spacial score (nSPS) is 11.6. The number of para-hydroxylation sites is 1. The van der Waals surface area contributed by atoms with Crippen molar-refractivity contribution in [2.45, 2.75) is 4.90 Å². The smallest absolute Gasteiger partial charge is 0.267 e. The third-order valence-electron chi connectivity index (χ3n) is 4.76. The largest absolute Gasteiger partial charge is 0.271 e. The maximum atomic E-state index is 13.0. The number of aromatic nitrogens is 2. The Morgan fingerprint density at radius 1 is 0.938 bits per heavy atom. The predicted octanol–water partition coefficient (Wildman–Crippen LogP) is 5.29. The minimum Gasteiger partial charge on any atom is -0.267 e. The van der Waals surface area contributed by atoms with E-state index in [1.807, 2.05) is 103 Å². The number of thioether (sulfide) groups is 1. The first-order valence-corrected chi connectivity index (χ1v) is 11.3. The Bertz CT molecular complexity index is 1230. The second kappa shape index (κ2) is 10.4. The molecule has 158 valence electrons. The van der Waals surface area contributed by atoms with Crippen molar-refractivity contribution < 1.29 is 4.79 Å². The molecule has 6 heteroatoms. The summed E-state index contributed by atoms with van der Waals surface area (Å²) in [6.07, 6.45) is 9.12. The molecular weight excluding hydrogens is 416 g/mol. The van der Waals surface area contributed by atoms with E-state index in [4.69, 9.17) is 0 Å². The van der Waals surface area contributed by atoms with E-state index >= 15 is 0 Å². The number of amides is 1. The van der Waals surface area contributed by atoms with Gasteiger partial charge in [0.05, 0.1) is 18.1 Å². The molecule has 0 atom stereocenters. The van der Waals surface area contributed by atoms with Gasteiger partial charge in [-0.25, -0.2) is 10.1 Å². The van der Waals surface area contributed by atoms with Crippen LogP contribution in [0, 0.1) is 0 Å². The average Bonchev–Trinajstić information content (AvgIpc) is 3.33. The Morgan fingerprint density at radius 3 is 2.31 bits per heavy atom. The van der Waals surface area contributed by atoms with Crippen molar-refractivity contribution in [2.75, 3.05) is 6.26 Å². The molecule has 0 fully saturated rings. The topological polar surface area (TPSA) is 59.3 Å². The Labute approximate surface area is 191 Å². The lowest BCUT2D eigenvalue weighted by molar-refractivity contribution is -0.115. The molecule has 4 aromatic rings. The number of nitrogens with one attached hydrogen (secondary N) is 1. The van der Waals surface area contributed by atoms with E-state index in [1.54, 1.807) is 28.9 Å². The monoisotopic (exact) mass is 438 g/mol. The second-order valence-corrected chi connectivity index (χ2v) is 7.83. The van der Waals surface area contributed by atoms with Crippen LogP contribution in [-0.4, -0.2) is 28.2 Å². The highest BCUT2D eigenvalue weighted by atomic mass is 32.2. The Hall–Kier alpha value is -3.90. The second-order valence-electron chi connectivity index (χ2n) is 6.95. The fourth-order valence-corrected chi connectivity index (χ4v) is 3.52. The minimum absolute atomic E-state index is 0.291. The number of benzene rings is 3. The summed E-state index contributed by atoms with van der Waals surface area (Å²) in [5.74, 6) is -0.291. The lowest BCUT2D eigenvalue weighted by Crippen LogP contribution is -2.19. The molecule has 0 aliphatic carbocycles. The molecule has 0 aliphatic heterocycles. The Kier molecular flexibility index (Phi) is 6.94. The van der Waals surface area contributed by atoms with Crippen molar-refractivity contribution in [2.24, 2.45) is 5.10 Å². The molecule has 32 heavy (non-hydrogen) atoms. The molecule has 4 rings (SSSR count). The van der Waals surface area contributed by atoms with Crippen LogP contribution >= 0.6 is 11.8 Å². The summed E-state index contributed by atoms with van der Waals surface area (Å²) < 4.78 is 1.78. The summed E-state index contributed by atoms with van der Waals surface area (Å²) in [6, 6.07) is 27.3. The van der Waals surface area contributed by atoms with E-state index in [1.165, 1.54) is 4.90 Å². The van der Waals surface area contributed by atoms with Crippen LogP contribution in [0.15, 0.2) is 107 Å². The molecule has 5 nitrogen and oxygen atoms in total. The van der Waals surface area contributed by atoms with Crippen molar-refractivity contribution in [1.82, 2.24) is 15.2 Å².